The number of halogens is 2. The Hall–Kier alpha value is -2.48. The number of hydrogen-bond donors (Lipinski definition) is 1. The van der Waals surface area contributed by atoms with Gasteiger partial charge in [0.15, 0.2) is 5.82 Å². The third-order valence-corrected chi connectivity index (χ3v) is 5.48. The summed E-state index contributed by atoms with van der Waals surface area (Å²) >= 11 is 6.03. The largest absolute Gasteiger partial charge is 0.472 e. The first-order valence-electron chi connectivity index (χ1n) is 9.92. The second-order valence-electron chi connectivity index (χ2n) is 7.37. The number of H-pyrrole nitrogens is 1. The summed E-state index contributed by atoms with van der Waals surface area (Å²) in [5, 5.41) is 0.648. The van der Waals surface area contributed by atoms with E-state index < -0.39 is 5.82 Å². The van der Waals surface area contributed by atoms with E-state index in [1.165, 1.54) is 6.07 Å². The van der Waals surface area contributed by atoms with Crippen LogP contribution in [-0.4, -0.2) is 26.0 Å². The fourth-order valence-corrected chi connectivity index (χ4v) is 3.82. The minimum atomic E-state index is -0.470. The van der Waals surface area contributed by atoms with Crippen LogP contribution >= 0.6 is 11.6 Å². The average molecular weight is 481 g/mol. The summed E-state index contributed by atoms with van der Waals surface area (Å²) in [5.74, 6) is 0.286. The predicted molar refractivity (Wildman–Crippen MR) is 115 cm³/mol. The fraction of sp³-hybridized carbons (Fsp3) is 0.217. The van der Waals surface area contributed by atoms with Crippen molar-refractivity contribution in [3.8, 4) is 28.5 Å². The van der Waals surface area contributed by atoms with Crippen LogP contribution in [0.1, 0.15) is 25.7 Å². The quantitative estimate of drug-likeness (QED) is 0.364. The zero-order chi connectivity index (χ0) is 20.5. The molecule has 0 unspecified atom stereocenters. The number of ether oxygens (including phenoxy) is 1. The minimum absolute atomic E-state index is 0. The maximum Gasteiger partial charge on any atom is 0.250 e. The fourth-order valence-electron chi connectivity index (χ4n) is 3.65. The molecule has 1 aliphatic rings. The van der Waals surface area contributed by atoms with Crippen LogP contribution in [0.4, 0.5) is 4.39 Å². The molecule has 8 heteroatoms. The Morgan fingerprint density at radius 3 is 2.58 bits per heavy atom. The van der Waals surface area contributed by atoms with E-state index in [1.54, 1.807) is 18.5 Å². The van der Waals surface area contributed by atoms with Crippen LogP contribution < -0.4 is 4.74 Å². The van der Waals surface area contributed by atoms with Gasteiger partial charge in [0.2, 0.25) is 0 Å². The van der Waals surface area contributed by atoms with E-state index in [0.717, 1.165) is 42.3 Å². The normalized spacial score (nSPS) is 14.4. The van der Waals surface area contributed by atoms with Crippen LogP contribution in [0.3, 0.4) is 0 Å². The zero-order valence-corrected chi connectivity index (χ0v) is 18.2. The number of nitrogens with one attached hydrogen (secondary N) is 1. The molecule has 5 rings (SSSR count). The molecule has 31 heavy (non-hydrogen) atoms. The second-order valence-corrected chi connectivity index (χ2v) is 7.81. The van der Waals surface area contributed by atoms with E-state index >= 15 is 0 Å². The van der Waals surface area contributed by atoms with Gasteiger partial charge in [-0.05, 0) is 49.2 Å². The molecule has 3 aromatic heterocycles. The van der Waals surface area contributed by atoms with E-state index in [9.17, 15) is 4.39 Å². The molecule has 0 atom stereocenters. The summed E-state index contributed by atoms with van der Waals surface area (Å²) in [4.78, 5) is 16.5. The van der Waals surface area contributed by atoms with E-state index in [0.29, 0.717) is 22.1 Å². The van der Waals surface area contributed by atoms with Crippen LogP contribution in [0.25, 0.3) is 33.7 Å². The zero-order valence-electron chi connectivity index (χ0n) is 16.4. The van der Waals surface area contributed by atoms with Gasteiger partial charge in [0, 0.05) is 45.3 Å². The van der Waals surface area contributed by atoms with Gasteiger partial charge in [-0.3, -0.25) is 4.98 Å². The first-order valence-corrected chi connectivity index (χ1v) is 10.3. The van der Waals surface area contributed by atoms with Crippen molar-refractivity contribution in [3.63, 3.8) is 0 Å². The van der Waals surface area contributed by atoms with Crippen LogP contribution in [0, 0.1) is 12.2 Å². The molecule has 0 aliphatic heterocycles. The van der Waals surface area contributed by atoms with Crippen LogP contribution in [-0.2, 0) is 16.8 Å². The number of hydrogen-bond acceptors (Lipinski definition) is 4. The van der Waals surface area contributed by atoms with Crippen molar-refractivity contribution >= 4 is 22.6 Å². The summed E-state index contributed by atoms with van der Waals surface area (Å²) in [6.45, 7) is 0. The first-order chi connectivity index (χ1) is 14.7. The number of rotatable bonds is 4. The Kier molecular flexibility index (Phi) is 6.55. The third kappa shape index (κ3) is 4.73. The Morgan fingerprint density at radius 1 is 1.03 bits per heavy atom. The van der Waals surface area contributed by atoms with Crippen LogP contribution in [0.2, 0.25) is 5.02 Å². The van der Waals surface area contributed by atoms with Gasteiger partial charge >= 0.3 is 0 Å². The number of benzene rings is 1. The third-order valence-electron chi connectivity index (χ3n) is 5.25. The molecule has 1 saturated carbocycles. The van der Waals surface area contributed by atoms with Gasteiger partial charge in [-0.2, -0.15) is 12.8 Å². The van der Waals surface area contributed by atoms with Crippen molar-refractivity contribution in [2.75, 3.05) is 0 Å². The van der Waals surface area contributed by atoms with E-state index in [-0.39, 0.29) is 28.8 Å². The van der Waals surface area contributed by atoms with E-state index in [1.807, 2.05) is 24.3 Å². The van der Waals surface area contributed by atoms with Crippen molar-refractivity contribution in [3.05, 3.63) is 66.1 Å². The number of pyridine rings is 2. The van der Waals surface area contributed by atoms with Crippen molar-refractivity contribution < 1.29 is 25.9 Å². The summed E-state index contributed by atoms with van der Waals surface area (Å²) in [7, 11) is 0. The van der Waals surface area contributed by atoms with Gasteiger partial charge in [0.1, 0.15) is 5.82 Å². The Morgan fingerprint density at radius 2 is 1.84 bits per heavy atom. The molecule has 161 valence electrons. The van der Waals surface area contributed by atoms with Crippen LogP contribution in [0.15, 0.2) is 48.8 Å². The first kappa shape index (κ1) is 21.7. The van der Waals surface area contributed by atoms with Gasteiger partial charge < -0.3 is 16.1 Å². The number of imidazole rings is 1. The summed E-state index contributed by atoms with van der Waals surface area (Å²) in [5.41, 5.74) is 3.74. The minimum Gasteiger partial charge on any atom is -0.472 e. The van der Waals surface area contributed by atoms with Crippen LogP contribution in [0.5, 0.6) is 5.88 Å². The van der Waals surface area contributed by atoms with Crippen molar-refractivity contribution in [2.45, 2.75) is 31.8 Å². The second kappa shape index (κ2) is 9.34. The van der Waals surface area contributed by atoms with Gasteiger partial charge in [-0.15, -0.1) is 0 Å². The predicted octanol–water partition coefficient (Wildman–Crippen LogP) is 6.00. The number of aromatic nitrogens is 4. The molecule has 1 aromatic carbocycles. The van der Waals surface area contributed by atoms with Gasteiger partial charge in [-0.1, -0.05) is 11.6 Å². The SMILES string of the molecule is Fc1cc(-c2ccc(-c3nc4ccc(Cl)cc4[nH]3)cn2)cnc1OC1CC[CH-]CC1.[Co]. The smallest absolute Gasteiger partial charge is 0.250 e. The molecule has 1 N–H and O–H groups in total. The molecule has 3 heterocycles. The monoisotopic (exact) mass is 480 g/mol. The number of fused-ring (bicyclic) bond motifs is 1. The van der Waals surface area contributed by atoms with Gasteiger partial charge in [-0.25, -0.2) is 14.4 Å². The van der Waals surface area contributed by atoms with Crippen molar-refractivity contribution in [2.24, 2.45) is 0 Å². The van der Waals surface area contributed by atoms with E-state index in [4.69, 9.17) is 16.3 Å². The molecule has 0 spiro atoms. The summed E-state index contributed by atoms with van der Waals surface area (Å²) < 4.78 is 20.3. The van der Waals surface area contributed by atoms with Gasteiger partial charge in [0.25, 0.3) is 5.88 Å². The summed E-state index contributed by atoms with van der Waals surface area (Å²) in [6, 6.07) is 10.6. The molecule has 4 aromatic rings. The average Bonchev–Trinajstić information content (AvgIpc) is 3.19. The van der Waals surface area contributed by atoms with E-state index in [2.05, 4.69) is 26.4 Å². The van der Waals surface area contributed by atoms with Crippen molar-refractivity contribution in [1.82, 2.24) is 19.9 Å². The Labute approximate surface area is 194 Å². The number of nitrogens with zero attached hydrogens (tertiary/aromatic N) is 3. The van der Waals surface area contributed by atoms with Crippen molar-refractivity contribution in [1.29, 1.82) is 0 Å². The molecule has 1 aliphatic carbocycles. The molecule has 5 nitrogen and oxygen atoms in total. The Balaban J connectivity index is 0.00000231. The molecular weight excluding hydrogens is 462 g/mol. The molecule has 0 amide bonds. The Bertz CT molecular complexity index is 1190. The molecule has 0 saturated heterocycles. The number of aromatic amines is 1. The molecule has 1 radical (unpaired) electrons. The van der Waals surface area contributed by atoms with Gasteiger partial charge in [0.05, 0.1) is 22.8 Å². The molecular formula is C23H19ClCoFN4O-. The topological polar surface area (TPSA) is 63.7 Å². The summed E-state index contributed by atoms with van der Waals surface area (Å²) in [6.07, 6.45) is 9.37. The standard InChI is InChI=1S/C23H19ClFN4O.Co/c24-16-7-9-20-21(11-16)29-22(28-20)14-6-8-19(26-12-14)15-10-18(25)23(27-13-15)30-17-4-2-1-3-5-17;/h1,6-13,17H,2-5H2,(H,28,29);/q-1;. The maximum absolute atomic E-state index is 14.5. The maximum atomic E-state index is 14.5. The molecule has 1 fully saturated rings. The molecule has 0 bridgehead atoms.